The van der Waals surface area contributed by atoms with Gasteiger partial charge in [-0.25, -0.2) is 0 Å². The summed E-state index contributed by atoms with van der Waals surface area (Å²) in [7, 11) is 0. The predicted octanol–water partition coefficient (Wildman–Crippen LogP) is 4.06. The number of furan rings is 1. The van der Waals surface area contributed by atoms with Crippen LogP contribution in [0.3, 0.4) is 0 Å². The zero-order valence-electron chi connectivity index (χ0n) is 17.2. The monoisotopic (exact) mass is 530 g/mol. The lowest BCUT2D eigenvalue weighted by Gasteiger charge is -2.13. The molecule has 0 spiro atoms. The van der Waals surface area contributed by atoms with Gasteiger partial charge >= 0.3 is 0 Å². The largest absolute Gasteiger partial charge is 0.459 e. The minimum atomic E-state index is -0.171. The van der Waals surface area contributed by atoms with Crippen molar-refractivity contribution in [1.29, 1.82) is 0 Å². The fourth-order valence-corrected chi connectivity index (χ4v) is 3.44. The second-order valence-electron chi connectivity index (χ2n) is 6.43. The van der Waals surface area contributed by atoms with Crippen molar-refractivity contribution in [1.82, 2.24) is 16.0 Å². The van der Waals surface area contributed by atoms with Crippen LogP contribution in [0, 0.1) is 6.92 Å². The Morgan fingerprint density at radius 1 is 1.14 bits per heavy atom. The molecule has 0 saturated carbocycles. The Balaban J connectivity index is 0.00000420. The molecule has 0 saturated heterocycles. The molecule has 2 aromatic rings. The number of hydrogen-bond acceptors (Lipinski definition) is 4. The number of halogens is 1. The van der Waals surface area contributed by atoms with E-state index in [0.29, 0.717) is 17.6 Å². The second-order valence-corrected chi connectivity index (χ2v) is 7.94. The Kier molecular flexibility index (Phi) is 12.5. The Hall–Kier alpha value is -1.68. The van der Waals surface area contributed by atoms with Crippen LogP contribution in [-0.2, 0) is 0 Å². The molecule has 1 aromatic carbocycles. The van der Waals surface area contributed by atoms with Gasteiger partial charge in [0.05, 0.1) is 12.8 Å². The van der Waals surface area contributed by atoms with Gasteiger partial charge in [-0.05, 0) is 38.5 Å². The van der Waals surface area contributed by atoms with Crippen LogP contribution in [0.2, 0.25) is 0 Å². The number of rotatable bonds is 10. The van der Waals surface area contributed by atoms with Gasteiger partial charge in [0.25, 0.3) is 5.91 Å². The van der Waals surface area contributed by atoms with Gasteiger partial charge in [-0.1, -0.05) is 25.1 Å². The van der Waals surface area contributed by atoms with E-state index in [-0.39, 0.29) is 29.9 Å². The minimum Gasteiger partial charge on any atom is -0.459 e. The third kappa shape index (κ3) is 9.58. The molecular weight excluding hydrogens is 499 g/mol. The molecule has 8 heteroatoms. The minimum absolute atomic E-state index is 0. The summed E-state index contributed by atoms with van der Waals surface area (Å²) in [5, 5.41) is 9.83. The molecule has 29 heavy (non-hydrogen) atoms. The zero-order chi connectivity index (χ0) is 20.2. The molecule has 1 aromatic heterocycles. The van der Waals surface area contributed by atoms with Crippen molar-refractivity contribution in [2.75, 3.05) is 26.2 Å². The molecule has 0 aliphatic carbocycles. The molecule has 1 amide bonds. The van der Waals surface area contributed by atoms with Gasteiger partial charge in [0, 0.05) is 35.3 Å². The highest BCUT2D eigenvalue weighted by Crippen LogP contribution is 2.22. The third-order valence-electron chi connectivity index (χ3n) is 3.93. The van der Waals surface area contributed by atoms with Crippen LogP contribution in [0.1, 0.15) is 36.4 Å². The van der Waals surface area contributed by atoms with Crippen LogP contribution in [0.15, 0.2) is 57.0 Å². The van der Waals surface area contributed by atoms with E-state index in [1.54, 1.807) is 6.07 Å². The summed E-state index contributed by atoms with van der Waals surface area (Å²) >= 11 is 1.82. The van der Waals surface area contributed by atoms with Gasteiger partial charge in [0.15, 0.2) is 11.7 Å². The van der Waals surface area contributed by atoms with Gasteiger partial charge in [0.1, 0.15) is 0 Å². The van der Waals surface area contributed by atoms with Crippen molar-refractivity contribution >= 4 is 47.6 Å². The molecule has 1 unspecified atom stereocenters. The number of aryl methyl sites for hydroxylation is 1. The van der Waals surface area contributed by atoms with Gasteiger partial charge in [0.2, 0.25) is 0 Å². The third-order valence-corrected chi connectivity index (χ3v) is 5.03. The SMILES string of the molecule is CCNC(=NCC(C)Sc1ccccc1)NCCCNC(=O)c1occc1C.I. The van der Waals surface area contributed by atoms with E-state index < -0.39 is 0 Å². The number of nitrogens with one attached hydrogen (secondary N) is 3. The first kappa shape index (κ1) is 25.4. The number of guanidine groups is 1. The number of thioether (sulfide) groups is 1. The van der Waals surface area contributed by atoms with Gasteiger partial charge in [-0.15, -0.1) is 35.7 Å². The smallest absolute Gasteiger partial charge is 0.287 e. The zero-order valence-corrected chi connectivity index (χ0v) is 20.4. The van der Waals surface area contributed by atoms with Crippen molar-refractivity contribution < 1.29 is 9.21 Å². The average molecular weight is 530 g/mol. The Bertz CT molecular complexity index is 752. The quantitative estimate of drug-likeness (QED) is 0.142. The molecule has 0 aliphatic rings. The Labute approximate surface area is 194 Å². The van der Waals surface area contributed by atoms with Crippen LogP contribution in [-0.4, -0.2) is 43.3 Å². The van der Waals surface area contributed by atoms with Gasteiger partial charge in [-0.3, -0.25) is 9.79 Å². The number of nitrogens with zero attached hydrogens (tertiary/aromatic N) is 1. The Morgan fingerprint density at radius 3 is 2.52 bits per heavy atom. The normalized spacial score (nSPS) is 12.0. The molecule has 0 aliphatic heterocycles. The summed E-state index contributed by atoms with van der Waals surface area (Å²) in [4.78, 5) is 17.9. The second kappa shape index (κ2) is 14.3. The lowest BCUT2D eigenvalue weighted by atomic mass is 10.2. The average Bonchev–Trinajstić information content (AvgIpc) is 3.12. The fraction of sp³-hybridized carbons (Fsp3) is 0.429. The molecule has 0 radical (unpaired) electrons. The topological polar surface area (TPSA) is 78.7 Å². The van der Waals surface area contributed by atoms with Crippen molar-refractivity contribution in [2.24, 2.45) is 4.99 Å². The summed E-state index contributed by atoms with van der Waals surface area (Å²) in [6.45, 7) is 8.91. The van der Waals surface area contributed by atoms with E-state index in [1.165, 1.54) is 11.2 Å². The van der Waals surface area contributed by atoms with E-state index in [2.05, 4.69) is 52.1 Å². The number of amides is 1. The van der Waals surface area contributed by atoms with Crippen molar-refractivity contribution in [3.8, 4) is 0 Å². The first-order valence-corrected chi connectivity index (χ1v) is 10.5. The lowest BCUT2D eigenvalue weighted by Crippen LogP contribution is -2.39. The number of aliphatic imine (C=N–C) groups is 1. The van der Waals surface area contributed by atoms with E-state index in [9.17, 15) is 4.79 Å². The summed E-state index contributed by atoms with van der Waals surface area (Å²) in [6, 6.07) is 12.1. The molecule has 1 heterocycles. The first-order chi connectivity index (χ1) is 13.6. The molecule has 1 atom stereocenters. The summed E-state index contributed by atoms with van der Waals surface area (Å²) in [5.41, 5.74) is 0.847. The molecule has 0 fully saturated rings. The molecule has 6 nitrogen and oxygen atoms in total. The van der Waals surface area contributed by atoms with Crippen molar-refractivity contribution in [3.05, 3.63) is 54.0 Å². The number of hydrogen-bond donors (Lipinski definition) is 3. The maximum absolute atomic E-state index is 12.0. The maximum Gasteiger partial charge on any atom is 0.287 e. The molecule has 2 rings (SSSR count). The number of carbonyl (C=O) groups excluding carboxylic acids is 1. The predicted molar refractivity (Wildman–Crippen MR) is 132 cm³/mol. The first-order valence-electron chi connectivity index (χ1n) is 9.66. The number of carbonyl (C=O) groups is 1. The Morgan fingerprint density at radius 2 is 1.86 bits per heavy atom. The maximum atomic E-state index is 12.0. The summed E-state index contributed by atoms with van der Waals surface area (Å²) in [6.07, 6.45) is 2.33. The van der Waals surface area contributed by atoms with Gasteiger partial charge in [-0.2, -0.15) is 0 Å². The lowest BCUT2D eigenvalue weighted by molar-refractivity contribution is 0.0925. The van der Waals surface area contributed by atoms with Gasteiger partial charge < -0.3 is 20.4 Å². The van der Waals surface area contributed by atoms with Crippen molar-refractivity contribution in [3.63, 3.8) is 0 Å². The highest BCUT2D eigenvalue weighted by atomic mass is 127. The molecule has 0 bridgehead atoms. The van der Waals surface area contributed by atoms with Crippen LogP contribution in [0.5, 0.6) is 0 Å². The summed E-state index contributed by atoms with van der Waals surface area (Å²) < 4.78 is 5.19. The number of benzene rings is 1. The highest BCUT2D eigenvalue weighted by Gasteiger charge is 2.11. The highest BCUT2D eigenvalue weighted by molar-refractivity contribution is 14.0. The molecule has 160 valence electrons. The van der Waals surface area contributed by atoms with Crippen molar-refractivity contribution in [2.45, 2.75) is 37.3 Å². The summed E-state index contributed by atoms with van der Waals surface area (Å²) in [5.74, 6) is 1.01. The van der Waals surface area contributed by atoms with Crippen LogP contribution in [0.25, 0.3) is 0 Å². The molecule has 3 N–H and O–H groups in total. The molecular formula is C21H31IN4O2S. The van der Waals surface area contributed by atoms with Crippen LogP contribution in [0.4, 0.5) is 0 Å². The van der Waals surface area contributed by atoms with E-state index in [0.717, 1.165) is 37.6 Å². The van der Waals surface area contributed by atoms with Crippen LogP contribution < -0.4 is 16.0 Å². The fourth-order valence-electron chi connectivity index (χ4n) is 2.51. The van der Waals surface area contributed by atoms with E-state index >= 15 is 0 Å². The standard InChI is InChI=1S/C21H30N4O2S.HI/c1-4-22-21(25-15-17(3)28-18-9-6-5-7-10-18)24-13-8-12-23-20(26)19-16(2)11-14-27-19;/h5-7,9-11,14,17H,4,8,12-13,15H2,1-3H3,(H,23,26)(H2,22,24,25);1H. The van der Waals surface area contributed by atoms with E-state index in [4.69, 9.17) is 4.42 Å². The van der Waals surface area contributed by atoms with Crippen LogP contribution >= 0.6 is 35.7 Å². The van der Waals surface area contributed by atoms with E-state index in [1.807, 2.05) is 31.7 Å².